The minimum absolute atomic E-state index is 0. The molecule has 7 heteroatoms. The smallest absolute Gasteiger partial charge is 0.0846 e. The first kappa shape index (κ1) is 13.4. The third kappa shape index (κ3) is 2.22. The molecule has 4 nitrogen and oxygen atoms in total. The minimum Gasteiger partial charge on any atom is -0.309 e. The van der Waals surface area contributed by atoms with Crippen LogP contribution in [0.15, 0.2) is 17.1 Å². The third-order valence-corrected chi connectivity index (χ3v) is 3.04. The molecule has 0 saturated carbocycles. The molecular formula is C9H12Cl2N4S. The molecule has 0 unspecified atom stereocenters. The van der Waals surface area contributed by atoms with E-state index in [0.717, 1.165) is 25.3 Å². The number of fused-ring (bicyclic) bond motifs is 1. The molecule has 1 N–H and O–H groups in total. The van der Waals surface area contributed by atoms with E-state index >= 15 is 0 Å². The summed E-state index contributed by atoms with van der Waals surface area (Å²) in [5, 5.41) is 9.76. The molecular weight excluding hydrogens is 267 g/mol. The average Bonchev–Trinajstić information content (AvgIpc) is 2.85. The Labute approximate surface area is 110 Å². The van der Waals surface area contributed by atoms with E-state index in [1.165, 1.54) is 11.3 Å². The Kier molecular flexibility index (Phi) is 4.73. The molecule has 16 heavy (non-hydrogen) atoms. The molecule has 0 radical (unpaired) electrons. The summed E-state index contributed by atoms with van der Waals surface area (Å²) in [7, 11) is 0. The van der Waals surface area contributed by atoms with Gasteiger partial charge in [0.25, 0.3) is 0 Å². The van der Waals surface area contributed by atoms with Gasteiger partial charge in [-0.2, -0.15) is 5.10 Å². The van der Waals surface area contributed by atoms with Crippen LogP contribution in [0.4, 0.5) is 0 Å². The highest BCUT2D eigenvalue weighted by molar-refractivity contribution is 7.07. The first-order valence-electron chi connectivity index (χ1n) is 4.59. The van der Waals surface area contributed by atoms with Crippen LogP contribution in [0.1, 0.15) is 5.69 Å². The van der Waals surface area contributed by atoms with Crippen molar-refractivity contribution in [3.8, 4) is 11.3 Å². The van der Waals surface area contributed by atoms with Crippen molar-refractivity contribution in [1.29, 1.82) is 0 Å². The first-order valence-corrected chi connectivity index (χ1v) is 5.53. The molecule has 1 aliphatic heterocycles. The molecule has 0 bridgehead atoms. The van der Waals surface area contributed by atoms with Gasteiger partial charge in [0, 0.05) is 24.0 Å². The van der Waals surface area contributed by atoms with E-state index in [-0.39, 0.29) is 24.8 Å². The van der Waals surface area contributed by atoms with Crippen molar-refractivity contribution in [1.82, 2.24) is 20.1 Å². The molecule has 3 heterocycles. The van der Waals surface area contributed by atoms with Crippen LogP contribution in [0, 0.1) is 0 Å². The predicted octanol–water partition coefficient (Wildman–Crippen LogP) is 1.95. The van der Waals surface area contributed by atoms with Crippen LogP contribution in [-0.4, -0.2) is 21.3 Å². The van der Waals surface area contributed by atoms with Crippen LogP contribution in [-0.2, 0) is 13.1 Å². The van der Waals surface area contributed by atoms with Crippen molar-refractivity contribution >= 4 is 36.2 Å². The van der Waals surface area contributed by atoms with Gasteiger partial charge in [-0.3, -0.25) is 4.68 Å². The summed E-state index contributed by atoms with van der Waals surface area (Å²) < 4.78 is 2.06. The van der Waals surface area contributed by atoms with Crippen LogP contribution in [0.3, 0.4) is 0 Å². The standard InChI is InChI=1S/C9H10N4S.2ClH/c1-2-13-9(4-10-1)7(3-12-13)8-5-14-6-11-8;;/h3,5-6,10H,1-2,4H2;2*1H. The van der Waals surface area contributed by atoms with Crippen molar-refractivity contribution in [3.05, 3.63) is 22.8 Å². The summed E-state index contributed by atoms with van der Waals surface area (Å²) in [5.74, 6) is 0. The molecule has 2 aromatic rings. The normalized spacial score (nSPS) is 13.5. The van der Waals surface area contributed by atoms with Gasteiger partial charge in [0.05, 0.1) is 29.6 Å². The van der Waals surface area contributed by atoms with Crippen molar-refractivity contribution in [2.75, 3.05) is 6.54 Å². The molecule has 2 aromatic heterocycles. The molecule has 0 aliphatic carbocycles. The Hall–Kier alpha value is -0.620. The SMILES string of the molecule is Cl.Cl.c1nc(-c2cnn3c2CNCC3)cs1. The fourth-order valence-electron chi connectivity index (χ4n) is 1.74. The number of thiazole rings is 1. The largest absolute Gasteiger partial charge is 0.309 e. The maximum Gasteiger partial charge on any atom is 0.0846 e. The highest BCUT2D eigenvalue weighted by Gasteiger charge is 2.16. The maximum absolute atomic E-state index is 4.35. The lowest BCUT2D eigenvalue weighted by Gasteiger charge is -2.15. The van der Waals surface area contributed by atoms with Crippen LogP contribution < -0.4 is 5.32 Å². The van der Waals surface area contributed by atoms with E-state index in [1.54, 1.807) is 11.3 Å². The lowest BCUT2D eigenvalue weighted by atomic mass is 10.2. The summed E-state index contributed by atoms with van der Waals surface area (Å²) in [4.78, 5) is 4.30. The molecule has 0 aromatic carbocycles. The Morgan fingerprint density at radius 1 is 1.38 bits per heavy atom. The molecule has 0 saturated heterocycles. The number of hydrogen-bond acceptors (Lipinski definition) is 4. The minimum atomic E-state index is 0. The van der Waals surface area contributed by atoms with Gasteiger partial charge in [-0.25, -0.2) is 4.98 Å². The molecule has 0 fully saturated rings. The Morgan fingerprint density at radius 2 is 2.25 bits per heavy atom. The lowest BCUT2D eigenvalue weighted by molar-refractivity contribution is 0.476. The quantitative estimate of drug-likeness (QED) is 0.867. The van der Waals surface area contributed by atoms with Crippen molar-refractivity contribution in [2.45, 2.75) is 13.1 Å². The Bertz CT molecular complexity index is 440. The summed E-state index contributed by atoms with van der Waals surface area (Å²) >= 11 is 1.62. The number of aromatic nitrogens is 3. The zero-order chi connectivity index (χ0) is 9.38. The lowest BCUT2D eigenvalue weighted by Crippen LogP contribution is -2.28. The summed E-state index contributed by atoms with van der Waals surface area (Å²) in [5.41, 5.74) is 5.32. The molecule has 1 aliphatic rings. The van der Waals surface area contributed by atoms with Crippen molar-refractivity contribution in [2.24, 2.45) is 0 Å². The number of halogens is 2. The maximum atomic E-state index is 4.35. The molecule has 0 amide bonds. The second-order valence-electron chi connectivity index (χ2n) is 3.28. The van der Waals surface area contributed by atoms with Gasteiger partial charge < -0.3 is 5.32 Å². The van der Waals surface area contributed by atoms with Gasteiger partial charge in [-0.1, -0.05) is 0 Å². The molecule has 0 spiro atoms. The third-order valence-electron chi connectivity index (χ3n) is 2.45. The van der Waals surface area contributed by atoms with Crippen LogP contribution >= 0.6 is 36.2 Å². The van der Waals surface area contributed by atoms with Gasteiger partial charge in [-0.15, -0.1) is 36.2 Å². The second kappa shape index (κ2) is 5.63. The number of hydrogen-bond donors (Lipinski definition) is 1. The fourth-order valence-corrected chi connectivity index (χ4v) is 2.29. The van der Waals surface area contributed by atoms with Gasteiger partial charge in [0.1, 0.15) is 0 Å². The van der Waals surface area contributed by atoms with E-state index in [2.05, 4.69) is 25.5 Å². The fraction of sp³-hybridized carbons (Fsp3) is 0.333. The summed E-state index contributed by atoms with van der Waals surface area (Å²) in [6.07, 6.45) is 1.91. The van der Waals surface area contributed by atoms with E-state index in [0.29, 0.717) is 0 Å². The van der Waals surface area contributed by atoms with Gasteiger partial charge in [0.2, 0.25) is 0 Å². The average molecular weight is 279 g/mol. The number of nitrogens with zero attached hydrogens (tertiary/aromatic N) is 3. The highest BCUT2D eigenvalue weighted by atomic mass is 35.5. The molecule has 0 atom stereocenters. The van der Waals surface area contributed by atoms with Gasteiger partial charge in [0.15, 0.2) is 0 Å². The molecule has 88 valence electrons. The van der Waals surface area contributed by atoms with Crippen molar-refractivity contribution in [3.63, 3.8) is 0 Å². The van der Waals surface area contributed by atoms with Gasteiger partial charge >= 0.3 is 0 Å². The predicted molar refractivity (Wildman–Crippen MR) is 69.5 cm³/mol. The van der Waals surface area contributed by atoms with Crippen molar-refractivity contribution < 1.29 is 0 Å². The topological polar surface area (TPSA) is 42.7 Å². The van der Waals surface area contributed by atoms with Crippen LogP contribution in [0.25, 0.3) is 11.3 Å². The summed E-state index contributed by atoms with van der Waals surface area (Å²) in [6.45, 7) is 2.86. The number of nitrogens with one attached hydrogen (secondary N) is 1. The highest BCUT2D eigenvalue weighted by Crippen LogP contribution is 2.24. The monoisotopic (exact) mass is 278 g/mol. The van der Waals surface area contributed by atoms with E-state index in [4.69, 9.17) is 0 Å². The molecule has 3 rings (SSSR count). The van der Waals surface area contributed by atoms with Crippen LogP contribution in [0.2, 0.25) is 0 Å². The van der Waals surface area contributed by atoms with Crippen LogP contribution in [0.5, 0.6) is 0 Å². The Morgan fingerprint density at radius 3 is 3.00 bits per heavy atom. The number of rotatable bonds is 1. The second-order valence-corrected chi connectivity index (χ2v) is 4.00. The van der Waals surface area contributed by atoms with E-state index in [9.17, 15) is 0 Å². The van der Waals surface area contributed by atoms with Gasteiger partial charge in [-0.05, 0) is 0 Å². The zero-order valence-corrected chi connectivity index (χ0v) is 10.9. The van der Waals surface area contributed by atoms with E-state index < -0.39 is 0 Å². The summed E-state index contributed by atoms with van der Waals surface area (Å²) in [6, 6.07) is 0. The first-order chi connectivity index (χ1) is 6.95. The Balaban J connectivity index is 0.000000640. The zero-order valence-electron chi connectivity index (χ0n) is 8.42. The van der Waals surface area contributed by atoms with E-state index in [1.807, 2.05) is 11.7 Å².